The lowest BCUT2D eigenvalue weighted by Crippen LogP contribution is -2.47. The molecular weight excluding hydrogens is 447 g/mol. The maximum atomic E-state index is 11.1. The van der Waals surface area contributed by atoms with E-state index >= 15 is 0 Å². The van der Waals surface area contributed by atoms with E-state index in [1.807, 2.05) is 7.05 Å². The second-order valence-electron chi connectivity index (χ2n) is 7.08. The van der Waals surface area contributed by atoms with Crippen molar-refractivity contribution in [3.05, 3.63) is 0 Å². The Morgan fingerprint density at radius 1 is 1.31 bits per heavy atom. The first-order valence-corrected chi connectivity index (χ1v) is 9.58. The molecular formula is C18H35IN4O3. The number of primary amides is 1. The number of amides is 1. The Labute approximate surface area is 174 Å². The van der Waals surface area contributed by atoms with Crippen LogP contribution in [0.25, 0.3) is 0 Å². The van der Waals surface area contributed by atoms with Gasteiger partial charge in [0.15, 0.2) is 5.96 Å². The highest BCUT2D eigenvalue weighted by Gasteiger charge is 2.23. The van der Waals surface area contributed by atoms with E-state index in [1.54, 1.807) is 0 Å². The molecule has 0 aliphatic carbocycles. The van der Waals surface area contributed by atoms with Crippen molar-refractivity contribution >= 4 is 35.8 Å². The maximum absolute atomic E-state index is 11.1. The van der Waals surface area contributed by atoms with Crippen molar-refractivity contribution in [1.29, 1.82) is 0 Å². The number of nitrogens with zero attached hydrogens (tertiary/aromatic N) is 2. The van der Waals surface area contributed by atoms with Gasteiger partial charge < -0.3 is 25.4 Å². The Balaban J connectivity index is 0.00000338. The van der Waals surface area contributed by atoms with Gasteiger partial charge in [-0.2, -0.15) is 0 Å². The topological polar surface area (TPSA) is 89.2 Å². The van der Waals surface area contributed by atoms with Crippen molar-refractivity contribution < 1.29 is 14.3 Å². The number of carbonyl (C=O) groups excluding carboxylic acids is 1. The molecule has 0 spiro atoms. The fraction of sp³-hybridized carbons (Fsp3) is 0.889. The van der Waals surface area contributed by atoms with Gasteiger partial charge in [-0.05, 0) is 43.9 Å². The summed E-state index contributed by atoms with van der Waals surface area (Å²) in [5.41, 5.74) is 5.33. The smallest absolute Gasteiger partial charge is 0.217 e. The minimum Gasteiger partial charge on any atom is -0.381 e. The molecule has 3 N–H and O–H groups in total. The van der Waals surface area contributed by atoms with Crippen LogP contribution >= 0.6 is 24.0 Å². The largest absolute Gasteiger partial charge is 0.381 e. The zero-order valence-corrected chi connectivity index (χ0v) is 18.3. The number of hydrogen-bond acceptors (Lipinski definition) is 4. The lowest BCUT2D eigenvalue weighted by atomic mass is 9.95. The van der Waals surface area contributed by atoms with Crippen LogP contribution in [0.3, 0.4) is 0 Å². The van der Waals surface area contributed by atoms with E-state index in [9.17, 15) is 4.79 Å². The third-order valence-electron chi connectivity index (χ3n) is 4.96. The van der Waals surface area contributed by atoms with Crippen molar-refractivity contribution in [2.45, 2.75) is 38.5 Å². The van der Waals surface area contributed by atoms with Gasteiger partial charge in [0.05, 0.1) is 0 Å². The Hall–Kier alpha value is -0.610. The molecule has 2 heterocycles. The van der Waals surface area contributed by atoms with E-state index in [-0.39, 0.29) is 29.9 Å². The highest BCUT2D eigenvalue weighted by Crippen LogP contribution is 2.19. The number of guanidine groups is 1. The van der Waals surface area contributed by atoms with Crippen molar-refractivity contribution in [3.8, 4) is 0 Å². The average Bonchev–Trinajstić information content (AvgIpc) is 2.62. The first kappa shape index (κ1) is 23.4. The number of likely N-dealkylation sites (tertiary alicyclic amines) is 1. The van der Waals surface area contributed by atoms with Crippen molar-refractivity contribution in [2.24, 2.45) is 22.6 Å². The summed E-state index contributed by atoms with van der Waals surface area (Å²) in [6, 6.07) is 0. The summed E-state index contributed by atoms with van der Waals surface area (Å²) in [6.45, 7) is 6.04. The zero-order chi connectivity index (χ0) is 17.9. The lowest BCUT2D eigenvalue weighted by molar-refractivity contribution is -0.119. The third kappa shape index (κ3) is 8.85. The fourth-order valence-electron chi connectivity index (χ4n) is 3.58. The van der Waals surface area contributed by atoms with Crippen LogP contribution in [-0.2, 0) is 14.3 Å². The molecule has 8 heteroatoms. The fourth-order valence-corrected chi connectivity index (χ4v) is 3.58. The molecule has 2 saturated heterocycles. The van der Waals surface area contributed by atoms with Gasteiger partial charge in [0.2, 0.25) is 5.91 Å². The molecule has 0 radical (unpaired) electrons. The predicted octanol–water partition coefficient (Wildman–Crippen LogP) is 1.60. The summed E-state index contributed by atoms with van der Waals surface area (Å²) in [5, 5.41) is 3.41. The van der Waals surface area contributed by atoms with Crippen LogP contribution in [0, 0.1) is 11.8 Å². The monoisotopic (exact) mass is 482 g/mol. The number of ether oxygens (including phenoxy) is 2. The first-order chi connectivity index (χ1) is 12.2. The molecule has 2 rings (SSSR count). The van der Waals surface area contributed by atoms with Gasteiger partial charge >= 0.3 is 0 Å². The summed E-state index contributed by atoms with van der Waals surface area (Å²) in [7, 11) is 1.81. The third-order valence-corrected chi connectivity index (χ3v) is 4.96. The molecule has 26 heavy (non-hydrogen) atoms. The van der Waals surface area contributed by atoms with Crippen molar-refractivity contribution in [2.75, 3.05) is 53.1 Å². The molecule has 0 aromatic carbocycles. The number of aliphatic imine (C=N–C) groups is 1. The molecule has 1 unspecified atom stereocenters. The SMILES string of the molecule is CN=C(NCCCOCC1CCOCC1)N1CCCC(CC(N)=O)C1.I. The van der Waals surface area contributed by atoms with E-state index in [0.29, 0.717) is 18.3 Å². The first-order valence-electron chi connectivity index (χ1n) is 9.58. The Morgan fingerprint density at radius 3 is 2.77 bits per heavy atom. The van der Waals surface area contributed by atoms with Crippen molar-refractivity contribution in [1.82, 2.24) is 10.2 Å². The Bertz CT molecular complexity index is 431. The molecule has 152 valence electrons. The zero-order valence-electron chi connectivity index (χ0n) is 16.0. The van der Waals surface area contributed by atoms with Crippen LogP contribution in [0.2, 0.25) is 0 Å². The number of nitrogens with two attached hydrogens (primary N) is 1. The standard InChI is InChI=1S/C18H34N4O3.HI/c1-20-18(22-8-2-4-16(13-22)12-17(19)23)21-7-3-9-25-14-15-5-10-24-11-6-15;/h15-16H,2-14H2,1H3,(H2,19,23)(H,20,21);1H. The van der Waals surface area contributed by atoms with E-state index in [4.69, 9.17) is 15.2 Å². The van der Waals surface area contributed by atoms with E-state index in [2.05, 4.69) is 15.2 Å². The van der Waals surface area contributed by atoms with E-state index < -0.39 is 0 Å². The number of nitrogens with one attached hydrogen (secondary N) is 1. The van der Waals surface area contributed by atoms with E-state index in [1.165, 1.54) is 0 Å². The molecule has 0 saturated carbocycles. The summed E-state index contributed by atoms with van der Waals surface area (Å²) in [4.78, 5) is 17.8. The number of halogens is 1. The van der Waals surface area contributed by atoms with Gasteiger partial charge in [0, 0.05) is 59.5 Å². The van der Waals surface area contributed by atoms with Crippen LogP contribution in [0.15, 0.2) is 4.99 Å². The van der Waals surface area contributed by atoms with Gasteiger partial charge in [-0.1, -0.05) is 0 Å². The van der Waals surface area contributed by atoms with Crippen LogP contribution < -0.4 is 11.1 Å². The Morgan fingerprint density at radius 2 is 2.08 bits per heavy atom. The molecule has 1 atom stereocenters. The molecule has 7 nitrogen and oxygen atoms in total. The van der Waals surface area contributed by atoms with Crippen LogP contribution in [0.4, 0.5) is 0 Å². The second kappa shape index (κ2) is 13.5. The molecule has 0 bridgehead atoms. The van der Waals surface area contributed by atoms with Gasteiger partial charge in [-0.15, -0.1) is 24.0 Å². The normalized spacial score (nSPS) is 22.0. The summed E-state index contributed by atoms with van der Waals surface area (Å²) >= 11 is 0. The quantitative estimate of drug-likeness (QED) is 0.238. The molecule has 0 aromatic rings. The van der Waals surface area contributed by atoms with Crippen molar-refractivity contribution in [3.63, 3.8) is 0 Å². The predicted molar refractivity (Wildman–Crippen MR) is 114 cm³/mol. The van der Waals surface area contributed by atoms with Crippen LogP contribution in [0.5, 0.6) is 0 Å². The van der Waals surface area contributed by atoms with Crippen LogP contribution in [-0.4, -0.2) is 69.9 Å². The minimum atomic E-state index is -0.212. The summed E-state index contributed by atoms with van der Waals surface area (Å²) in [6.07, 6.45) is 5.80. The minimum absolute atomic E-state index is 0. The summed E-state index contributed by atoms with van der Waals surface area (Å²) < 4.78 is 11.2. The van der Waals surface area contributed by atoms with E-state index in [0.717, 1.165) is 84.1 Å². The van der Waals surface area contributed by atoms with Gasteiger partial charge in [-0.25, -0.2) is 0 Å². The summed E-state index contributed by atoms with van der Waals surface area (Å²) in [5.74, 6) is 1.70. The average molecular weight is 482 g/mol. The number of hydrogen-bond donors (Lipinski definition) is 2. The van der Waals surface area contributed by atoms with Gasteiger partial charge in [0.1, 0.15) is 0 Å². The number of rotatable bonds is 8. The lowest BCUT2D eigenvalue weighted by Gasteiger charge is -2.34. The molecule has 2 fully saturated rings. The Kier molecular flexibility index (Phi) is 12.2. The molecule has 1 amide bonds. The van der Waals surface area contributed by atoms with Gasteiger partial charge in [-0.3, -0.25) is 9.79 Å². The molecule has 2 aliphatic heterocycles. The molecule has 2 aliphatic rings. The highest BCUT2D eigenvalue weighted by atomic mass is 127. The highest BCUT2D eigenvalue weighted by molar-refractivity contribution is 14.0. The number of piperidine rings is 1. The maximum Gasteiger partial charge on any atom is 0.217 e. The number of carbonyl (C=O) groups is 1. The second-order valence-corrected chi connectivity index (χ2v) is 7.08. The van der Waals surface area contributed by atoms with Gasteiger partial charge in [0.25, 0.3) is 0 Å². The molecule has 0 aromatic heterocycles. The van der Waals surface area contributed by atoms with Crippen LogP contribution in [0.1, 0.15) is 38.5 Å².